The fourth-order valence-electron chi connectivity index (χ4n) is 0.809. The monoisotopic (exact) mass is 258 g/mol. The summed E-state index contributed by atoms with van der Waals surface area (Å²) in [6, 6.07) is 4.68. The molecule has 0 aliphatic carbocycles. The molecule has 0 aliphatic heterocycles. The Morgan fingerprint density at radius 2 is 2.29 bits per heavy atom. The maximum atomic E-state index is 12.8. The van der Waals surface area contributed by atoms with E-state index in [-0.39, 0.29) is 20.8 Å². The number of benzene rings is 1. The molecule has 0 aliphatic rings. The minimum absolute atomic E-state index is 0.225. The summed E-state index contributed by atoms with van der Waals surface area (Å²) in [7, 11) is 0. The van der Waals surface area contributed by atoms with E-state index in [2.05, 4.69) is 4.82 Å². The third-order valence-electron chi connectivity index (χ3n) is 1.46. The Kier molecular flexibility index (Phi) is 3.70. The van der Waals surface area contributed by atoms with E-state index in [1.807, 2.05) is 5.92 Å². The van der Waals surface area contributed by atoms with Gasteiger partial charge in [0.2, 0.25) is 0 Å². The van der Waals surface area contributed by atoms with Crippen LogP contribution in [0.3, 0.4) is 0 Å². The Bertz CT molecular complexity index is 418. The van der Waals surface area contributed by atoms with Gasteiger partial charge in [-0.1, -0.05) is 0 Å². The molecule has 0 fully saturated rings. The van der Waals surface area contributed by atoms with E-state index in [0.717, 1.165) is 4.46 Å². The molecule has 14 heavy (non-hydrogen) atoms. The number of aliphatic carboxylic acids is 1. The summed E-state index contributed by atoms with van der Waals surface area (Å²) < 4.78 is 13.7. The predicted octanol–water partition coefficient (Wildman–Crippen LogP) is 0.509. The molecule has 0 unspecified atom stereocenters. The summed E-state index contributed by atoms with van der Waals surface area (Å²) in [6.45, 7) is 1.67. The van der Waals surface area contributed by atoms with Crippen LogP contribution in [0.25, 0.3) is 0 Å². The summed E-state index contributed by atoms with van der Waals surface area (Å²) in [5, 5.41) is 8.27. The van der Waals surface area contributed by atoms with Crippen LogP contribution in [0.5, 0.6) is 0 Å². The first-order valence-electron chi connectivity index (χ1n) is 3.76. The predicted molar refractivity (Wildman–Crippen MR) is 51.9 cm³/mol. The van der Waals surface area contributed by atoms with Gasteiger partial charge in [0.05, 0.1) is 0 Å². The van der Waals surface area contributed by atoms with E-state index in [4.69, 9.17) is 5.11 Å². The fourth-order valence-corrected chi connectivity index (χ4v) is 2.13. The van der Waals surface area contributed by atoms with Crippen molar-refractivity contribution >= 4 is 25.4 Å². The zero-order valence-electron chi connectivity index (χ0n) is 7.37. The molecule has 2 nitrogen and oxygen atoms in total. The maximum absolute atomic E-state index is 12.8. The van der Waals surface area contributed by atoms with Gasteiger partial charge < -0.3 is 0 Å². The van der Waals surface area contributed by atoms with Crippen LogP contribution < -0.4 is 4.46 Å². The number of hydrogen-bond acceptors (Lipinski definition) is 1. The van der Waals surface area contributed by atoms with Crippen LogP contribution in [0.1, 0.15) is 5.56 Å². The van der Waals surface area contributed by atoms with Crippen LogP contribution in [0.15, 0.2) is 18.2 Å². The molecule has 0 bridgehead atoms. The first-order valence-corrected chi connectivity index (χ1v) is 5.48. The Morgan fingerprint density at radius 1 is 1.57 bits per heavy atom. The van der Waals surface area contributed by atoms with Crippen molar-refractivity contribution in [2.45, 2.75) is 6.92 Å². The number of hydrogen-bond donors (Lipinski definition) is 1. The summed E-state index contributed by atoms with van der Waals surface area (Å²) >= 11 is -0.225. The summed E-state index contributed by atoms with van der Waals surface area (Å²) in [5.74, 6) is 0.641. The van der Waals surface area contributed by atoms with Gasteiger partial charge in [0.25, 0.3) is 0 Å². The molecule has 0 atom stereocenters. The van der Waals surface area contributed by atoms with Gasteiger partial charge in [-0.3, -0.25) is 0 Å². The molecular weight excluding hydrogens is 250 g/mol. The van der Waals surface area contributed by atoms with Crippen molar-refractivity contribution in [1.82, 2.24) is 0 Å². The number of rotatable bonds is 1. The average Bonchev–Trinajstić information content (AvgIpc) is 2.10. The number of carbonyl (C=O) groups is 1. The van der Waals surface area contributed by atoms with Gasteiger partial charge in [-0.05, 0) is 0 Å². The second-order valence-electron chi connectivity index (χ2n) is 2.55. The van der Waals surface area contributed by atoms with E-state index in [1.165, 1.54) is 6.07 Å². The van der Waals surface area contributed by atoms with Crippen LogP contribution >= 0.6 is 0 Å². The van der Waals surface area contributed by atoms with E-state index in [9.17, 15) is 9.18 Å². The summed E-state index contributed by atoms with van der Waals surface area (Å²) in [5.41, 5.74) is 0.557. The molecule has 0 radical (unpaired) electrons. The van der Waals surface area contributed by atoms with E-state index in [1.54, 1.807) is 19.1 Å². The van der Waals surface area contributed by atoms with Crippen molar-refractivity contribution in [3.05, 3.63) is 29.6 Å². The van der Waals surface area contributed by atoms with Gasteiger partial charge >= 0.3 is 86.9 Å². The molecule has 1 rings (SSSR count). The molecule has 0 saturated carbocycles. The Hall–Kier alpha value is -1.30. The Morgan fingerprint density at radius 3 is 2.86 bits per heavy atom. The first kappa shape index (κ1) is 10.8. The van der Waals surface area contributed by atoms with Crippen LogP contribution in [-0.4, -0.2) is 26.0 Å². The standard InChI is InChI=1S/C10H7FO2Se/c1-7-6-8(2-3-9(7)11)14-5-4-10(12)13/h2-3,6H,1H3,(H,12,13). The number of carboxylic acids is 1. The molecule has 1 aromatic rings. The van der Waals surface area contributed by atoms with E-state index in [0.29, 0.717) is 5.56 Å². The molecule has 0 saturated heterocycles. The number of halogens is 1. The summed E-state index contributed by atoms with van der Waals surface area (Å²) in [6.07, 6.45) is 0. The molecule has 1 aromatic carbocycles. The SMILES string of the molecule is Cc1cc([Se]C#CC(=O)O)ccc1F. The minimum atomic E-state index is -1.13. The molecular formula is C10H7FO2Se. The van der Waals surface area contributed by atoms with Crippen molar-refractivity contribution in [1.29, 1.82) is 0 Å². The quantitative estimate of drug-likeness (QED) is 0.588. The van der Waals surface area contributed by atoms with E-state index < -0.39 is 5.97 Å². The van der Waals surface area contributed by atoms with Crippen molar-refractivity contribution in [2.75, 3.05) is 0 Å². The fraction of sp³-hybridized carbons (Fsp3) is 0.100. The van der Waals surface area contributed by atoms with Crippen molar-refractivity contribution in [3.8, 4) is 10.7 Å². The molecule has 0 amide bonds. The number of carboxylic acid groups (broad SMARTS) is 1. The normalized spacial score (nSPS) is 9.00. The number of aryl methyl sites for hydroxylation is 1. The third kappa shape index (κ3) is 3.21. The van der Waals surface area contributed by atoms with Gasteiger partial charge in [0.1, 0.15) is 0 Å². The van der Waals surface area contributed by atoms with E-state index >= 15 is 0 Å². The van der Waals surface area contributed by atoms with Crippen molar-refractivity contribution in [3.63, 3.8) is 0 Å². The van der Waals surface area contributed by atoms with Gasteiger partial charge in [-0.15, -0.1) is 0 Å². The first-order chi connectivity index (χ1) is 6.59. The molecule has 4 heteroatoms. The topological polar surface area (TPSA) is 37.3 Å². The third-order valence-corrected chi connectivity index (χ3v) is 2.91. The Labute approximate surface area is 87.3 Å². The molecule has 1 N–H and O–H groups in total. The molecule has 0 heterocycles. The Balaban J connectivity index is 2.75. The second-order valence-corrected chi connectivity index (χ2v) is 4.39. The van der Waals surface area contributed by atoms with Gasteiger partial charge in [0.15, 0.2) is 0 Å². The van der Waals surface area contributed by atoms with Crippen LogP contribution in [0, 0.1) is 23.5 Å². The zero-order chi connectivity index (χ0) is 10.6. The molecule has 0 spiro atoms. The van der Waals surface area contributed by atoms with Crippen LogP contribution in [0.2, 0.25) is 0 Å². The van der Waals surface area contributed by atoms with Crippen LogP contribution in [-0.2, 0) is 4.79 Å². The molecule has 0 aromatic heterocycles. The molecule has 72 valence electrons. The average molecular weight is 257 g/mol. The van der Waals surface area contributed by atoms with Crippen LogP contribution in [0.4, 0.5) is 4.39 Å². The second kappa shape index (κ2) is 4.80. The van der Waals surface area contributed by atoms with Gasteiger partial charge in [0, 0.05) is 0 Å². The van der Waals surface area contributed by atoms with Crippen molar-refractivity contribution < 1.29 is 14.3 Å². The van der Waals surface area contributed by atoms with Gasteiger partial charge in [-0.25, -0.2) is 0 Å². The summed E-state index contributed by atoms with van der Waals surface area (Å²) in [4.78, 5) is 12.6. The van der Waals surface area contributed by atoms with Crippen molar-refractivity contribution in [2.24, 2.45) is 0 Å². The van der Waals surface area contributed by atoms with Gasteiger partial charge in [-0.2, -0.15) is 0 Å². The zero-order valence-corrected chi connectivity index (χ0v) is 9.09.